The second kappa shape index (κ2) is 1.26. The molecule has 0 fully saturated rings. The third-order valence-electron chi connectivity index (χ3n) is 0.725. The quantitative estimate of drug-likeness (QED) is 0.496. The zero-order valence-corrected chi connectivity index (χ0v) is 3.61. The van der Waals surface area contributed by atoms with E-state index < -0.39 is 0 Å². The van der Waals surface area contributed by atoms with Crippen molar-refractivity contribution in [2.45, 2.75) is 0 Å². The van der Waals surface area contributed by atoms with Crippen LogP contribution in [0.4, 0.5) is 10.1 Å². The summed E-state index contributed by atoms with van der Waals surface area (Å²) in [5.74, 6) is -0.389. The Labute approximate surface area is 40.1 Å². The van der Waals surface area contributed by atoms with E-state index in [2.05, 4.69) is 4.98 Å². The normalized spacial score (nSPS) is 9.29. The summed E-state index contributed by atoms with van der Waals surface area (Å²) in [6.45, 7) is 0. The van der Waals surface area contributed by atoms with Gasteiger partial charge in [0, 0.05) is 12.4 Å². The Morgan fingerprint density at radius 3 is 2.43 bits per heavy atom. The lowest BCUT2D eigenvalue weighted by Gasteiger charge is -1.76. The molecule has 0 unspecified atom stereocenters. The average Bonchev–Trinajstić information content (AvgIpc) is 1.91. The van der Waals surface area contributed by atoms with Gasteiger partial charge in [-0.1, -0.05) is 0 Å². The van der Waals surface area contributed by atoms with Crippen molar-refractivity contribution in [3.63, 3.8) is 0 Å². The summed E-state index contributed by atoms with van der Waals surface area (Å²) < 4.78 is 11.9. The molecule has 1 rings (SSSR count). The van der Waals surface area contributed by atoms with Crippen LogP contribution >= 0.6 is 0 Å². The molecule has 0 atom stereocenters. The van der Waals surface area contributed by atoms with E-state index in [4.69, 9.17) is 5.73 Å². The number of aromatic amines is 1. The number of nitrogens with one attached hydrogen (secondary N) is 1. The number of rotatable bonds is 0. The topological polar surface area (TPSA) is 41.8 Å². The molecule has 1 heterocycles. The fraction of sp³-hybridized carbons (Fsp3) is 0. The molecule has 0 aliphatic rings. The number of nitrogens with two attached hydrogens (primary N) is 1. The highest BCUT2D eigenvalue weighted by molar-refractivity contribution is 5.35. The van der Waals surface area contributed by atoms with Crippen molar-refractivity contribution in [3.8, 4) is 0 Å². The van der Waals surface area contributed by atoms with E-state index in [0.717, 1.165) is 0 Å². The first-order valence-corrected chi connectivity index (χ1v) is 1.88. The second-order valence-electron chi connectivity index (χ2n) is 1.26. The van der Waals surface area contributed by atoms with Crippen LogP contribution in [0.15, 0.2) is 12.4 Å². The smallest absolute Gasteiger partial charge is 0.163 e. The molecule has 2 nitrogen and oxygen atoms in total. The summed E-state index contributed by atoms with van der Waals surface area (Å²) >= 11 is 0. The minimum absolute atomic E-state index is 0.167. The standard InChI is InChI=1S/C4H5FN2/c5-3-1-7-2-4(3)6/h1-2,7H,6H2. The Morgan fingerprint density at radius 1 is 1.57 bits per heavy atom. The van der Waals surface area contributed by atoms with Crippen molar-refractivity contribution >= 4 is 5.69 Å². The van der Waals surface area contributed by atoms with Gasteiger partial charge >= 0.3 is 0 Å². The SMILES string of the molecule is Nc1c[nH]cc1F. The van der Waals surface area contributed by atoms with E-state index in [1.165, 1.54) is 12.4 Å². The van der Waals surface area contributed by atoms with Crippen LogP contribution in [0.25, 0.3) is 0 Å². The number of hydrogen-bond donors (Lipinski definition) is 2. The zero-order valence-electron chi connectivity index (χ0n) is 3.61. The molecule has 0 aliphatic carbocycles. The second-order valence-corrected chi connectivity index (χ2v) is 1.26. The van der Waals surface area contributed by atoms with Crippen molar-refractivity contribution in [2.24, 2.45) is 0 Å². The van der Waals surface area contributed by atoms with E-state index in [1.807, 2.05) is 0 Å². The molecule has 7 heavy (non-hydrogen) atoms. The van der Waals surface area contributed by atoms with Crippen LogP contribution in [0.1, 0.15) is 0 Å². The van der Waals surface area contributed by atoms with Gasteiger partial charge in [-0.25, -0.2) is 4.39 Å². The van der Waals surface area contributed by atoms with Gasteiger partial charge in [0.15, 0.2) is 5.82 Å². The Kier molecular flexibility index (Phi) is 0.749. The Hall–Kier alpha value is -0.990. The molecule has 1 aromatic heterocycles. The summed E-state index contributed by atoms with van der Waals surface area (Å²) in [6.07, 6.45) is 2.60. The molecule has 0 saturated carbocycles. The number of halogens is 1. The predicted octanol–water partition coefficient (Wildman–Crippen LogP) is 0.736. The van der Waals surface area contributed by atoms with Crippen molar-refractivity contribution < 1.29 is 4.39 Å². The van der Waals surface area contributed by atoms with Gasteiger partial charge < -0.3 is 10.7 Å². The molecule has 3 heteroatoms. The molecule has 38 valence electrons. The molecule has 3 N–H and O–H groups in total. The number of H-pyrrole nitrogens is 1. The molecular formula is C4H5FN2. The maximum atomic E-state index is 11.9. The molecule has 0 aromatic carbocycles. The van der Waals surface area contributed by atoms with Crippen molar-refractivity contribution in [1.82, 2.24) is 4.98 Å². The minimum Gasteiger partial charge on any atom is -0.395 e. The van der Waals surface area contributed by atoms with Gasteiger partial charge in [-0.15, -0.1) is 0 Å². The predicted molar refractivity (Wildman–Crippen MR) is 25.2 cm³/mol. The highest BCUT2D eigenvalue weighted by Gasteiger charge is 1.91. The molecule has 0 bridgehead atoms. The van der Waals surface area contributed by atoms with E-state index in [0.29, 0.717) is 0 Å². The largest absolute Gasteiger partial charge is 0.395 e. The number of nitrogen functional groups attached to an aromatic ring is 1. The van der Waals surface area contributed by atoms with Gasteiger partial charge in [0.2, 0.25) is 0 Å². The lowest BCUT2D eigenvalue weighted by atomic mass is 10.5. The van der Waals surface area contributed by atoms with Crippen LogP contribution in [0.5, 0.6) is 0 Å². The summed E-state index contributed by atoms with van der Waals surface area (Å²) in [7, 11) is 0. The summed E-state index contributed by atoms with van der Waals surface area (Å²) in [4.78, 5) is 2.50. The van der Waals surface area contributed by atoms with Gasteiger partial charge in [-0.2, -0.15) is 0 Å². The molecule has 0 amide bonds. The van der Waals surface area contributed by atoms with Gasteiger partial charge in [0.05, 0.1) is 5.69 Å². The monoisotopic (exact) mass is 100 g/mol. The molecule has 0 aliphatic heterocycles. The van der Waals surface area contributed by atoms with Gasteiger partial charge in [0.1, 0.15) is 0 Å². The van der Waals surface area contributed by atoms with Crippen molar-refractivity contribution in [2.75, 3.05) is 5.73 Å². The van der Waals surface area contributed by atoms with Gasteiger partial charge in [0.25, 0.3) is 0 Å². The Morgan fingerprint density at radius 2 is 2.29 bits per heavy atom. The number of aromatic nitrogens is 1. The van der Waals surface area contributed by atoms with Crippen LogP contribution < -0.4 is 5.73 Å². The molecule has 0 spiro atoms. The van der Waals surface area contributed by atoms with Crippen LogP contribution in [-0.2, 0) is 0 Å². The fourth-order valence-electron chi connectivity index (χ4n) is 0.357. The van der Waals surface area contributed by atoms with Crippen LogP contribution in [-0.4, -0.2) is 4.98 Å². The molecule has 1 aromatic rings. The highest BCUT2D eigenvalue weighted by Crippen LogP contribution is 2.04. The summed E-state index contributed by atoms with van der Waals surface area (Å²) in [5.41, 5.74) is 5.20. The summed E-state index contributed by atoms with van der Waals surface area (Å²) in [5, 5.41) is 0. The lowest BCUT2D eigenvalue weighted by Crippen LogP contribution is -1.81. The van der Waals surface area contributed by atoms with Gasteiger partial charge in [-0.05, 0) is 0 Å². The highest BCUT2D eigenvalue weighted by atomic mass is 19.1. The average molecular weight is 100 g/mol. The molecular weight excluding hydrogens is 95.1 g/mol. The maximum Gasteiger partial charge on any atom is 0.163 e. The van der Waals surface area contributed by atoms with Crippen LogP contribution in [0.3, 0.4) is 0 Å². The minimum atomic E-state index is -0.389. The third kappa shape index (κ3) is 0.559. The fourth-order valence-corrected chi connectivity index (χ4v) is 0.357. The number of anilines is 1. The Balaban J connectivity index is 3.12. The van der Waals surface area contributed by atoms with Crippen molar-refractivity contribution in [1.29, 1.82) is 0 Å². The number of hydrogen-bond acceptors (Lipinski definition) is 1. The van der Waals surface area contributed by atoms with Gasteiger partial charge in [-0.3, -0.25) is 0 Å². The lowest BCUT2D eigenvalue weighted by molar-refractivity contribution is 0.634. The van der Waals surface area contributed by atoms with E-state index in [9.17, 15) is 4.39 Å². The molecule has 0 saturated heterocycles. The zero-order chi connectivity index (χ0) is 5.28. The first-order valence-electron chi connectivity index (χ1n) is 1.88. The van der Waals surface area contributed by atoms with Crippen LogP contribution in [0.2, 0.25) is 0 Å². The summed E-state index contributed by atoms with van der Waals surface area (Å²) in [6, 6.07) is 0. The first-order chi connectivity index (χ1) is 3.30. The van der Waals surface area contributed by atoms with E-state index >= 15 is 0 Å². The first kappa shape index (κ1) is 4.18. The van der Waals surface area contributed by atoms with E-state index in [-0.39, 0.29) is 11.5 Å². The Bertz CT molecular complexity index is 142. The maximum absolute atomic E-state index is 11.9. The molecule has 0 radical (unpaired) electrons. The van der Waals surface area contributed by atoms with Crippen molar-refractivity contribution in [3.05, 3.63) is 18.2 Å². The van der Waals surface area contributed by atoms with E-state index in [1.54, 1.807) is 0 Å². The van der Waals surface area contributed by atoms with Crippen LogP contribution in [0, 0.1) is 5.82 Å². The third-order valence-corrected chi connectivity index (χ3v) is 0.725.